The Hall–Kier alpha value is -3.16. The highest BCUT2D eigenvalue weighted by Gasteiger charge is 2.28. The zero-order chi connectivity index (χ0) is 19.7. The van der Waals surface area contributed by atoms with Crippen molar-refractivity contribution in [3.63, 3.8) is 0 Å². The smallest absolute Gasteiger partial charge is 0.264 e. The number of hydrogen-bond acceptors (Lipinski definition) is 7. The molecule has 0 fully saturated rings. The molecule has 0 spiro atoms. The minimum absolute atomic E-state index is 0.179. The van der Waals surface area contributed by atoms with Gasteiger partial charge in [-0.05, 0) is 37.3 Å². The van der Waals surface area contributed by atoms with E-state index in [4.69, 9.17) is 25.4 Å². The summed E-state index contributed by atoms with van der Waals surface area (Å²) in [6.45, 7) is 1.57. The zero-order valence-electron chi connectivity index (χ0n) is 15.1. The Labute approximate surface area is 165 Å². The molecule has 0 radical (unpaired) electrons. The third kappa shape index (κ3) is 3.26. The summed E-state index contributed by atoms with van der Waals surface area (Å²) in [5.41, 5.74) is 2.23. The lowest BCUT2D eigenvalue weighted by molar-refractivity contribution is 0.158. The van der Waals surface area contributed by atoms with Gasteiger partial charge in [-0.2, -0.15) is 4.98 Å². The standard InChI is InChI=1S/C20H16ClN3O4/c1-11(25)18-16(17(23-27-18)14-5-3-4-6-15(14)21)20-22-19(24-28-20)12-7-9-13(26-2)10-8-12/h3-11,25H,1-2H3. The molecule has 7 nitrogen and oxygen atoms in total. The van der Waals surface area contributed by atoms with Crippen molar-refractivity contribution in [2.45, 2.75) is 13.0 Å². The summed E-state index contributed by atoms with van der Waals surface area (Å²) in [5.74, 6) is 1.52. The van der Waals surface area contributed by atoms with Crippen LogP contribution in [0, 0.1) is 0 Å². The van der Waals surface area contributed by atoms with Crippen molar-refractivity contribution in [3.05, 3.63) is 59.3 Å². The summed E-state index contributed by atoms with van der Waals surface area (Å²) in [7, 11) is 1.60. The summed E-state index contributed by atoms with van der Waals surface area (Å²) in [5, 5.41) is 18.7. The molecule has 1 unspecified atom stereocenters. The minimum Gasteiger partial charge on any atom is -0.497 e. The van der Waals surface area contributed by atoms with Crippen LogP contribution in [0.3, 0.4) is 0 Å². The molecule has 2 aromatic carbocycles. The predicted octanol–water partition coefficient (Wildman–Crippen LogP) is 4.77. The average Bonchev–Trinajstić information content (AvgIpc) is 3.35. The number of aliphatic hydroxyl groups excluding tert-OH is 1. The molecule has 1 N–H and O–H groups in total. The van der Waals surface area contributed by atoms with Crippen LogP contribution in [0.1, 0.15) is 18.8 Å². The Kier molecular flexibility index (Phi) is 4.85. The zero-order valence-corrected chi connectivity index (χ0v) is 15.8. The molecule has 2 heterocycles. The number of aliphatic hydroxyl groups is 1. The summed E-state index contributed by atoms with van der Waals surface area (Å²) in [6, 6.07) is 14.5. The Morgan fingerprint density at radius 2 is 1.79 bits per heavy atom. The normalized spacial score (nSPS) is 12.1. The first-order chi connectivity index (χ1) is 13.6. The molecular weight excluding hydrogens is 382 g/mol. The van der Waals surface area contributed by atoms with Gasteiger partial charge in [0.1, 0.15) is 23.1 Å². The van der Waals surface area contributed by atoms with Gasteiger partial charge in [0.25, 0.3) is 5.89 Å². The van der Waals surface area contributed by atoms with Crippen molar-refractivity contribution in [1.29, 1.82) is 0 Å². The van der Waals surface area contributed by atoms with Crippen LogP contribution in [0.4, 0.5) is 0 Å². The van der Waals surface area contributed by atoms with E-state index >= 15 is 0 Å². The minimum atomic E-state index is -0.921. The van der Waals surface area contributed by atoms with E-state index in [0.717, 1.165) is 11.3 Å². The highest BCUT2D eigenvalue weighted by Crippen LogP contribution is 2.39. The third-order valence-electron chi connectivity index (χ3n) is 4.22. The number of methoxy groups -OCH3 is 1. The second-order valence-corrected chi connectivity index (χ2v) is 6.49. The fourth-order valence-corrected chi connectivity index (χ4v) is 3.04. The van der Waals surface area contributed by atoms with Crippen LogP contribution in [0.5, 0.6) is 5.75 Å². The first kappa shape index (κ1) is 18.2. The number of benzene rings is 2. The maximum atomic E-state index is 10.1. The van der Waals surface area contributed by atoms with Gasteiger partial charge in [0.2, 0.25) is 5.82 Å². The van der Waals surface area contributed by atoms with Crippen molar-refractivity contribution < 1.29 is 18.9 Å². The van der Waals surface area contributed by atoms with Crippen LogP contribution < -0.4 is 4.74 Å². The number of hydrogen-bond donors (Lipinski definition) is 1. The largest absolute Gasteiger partial charge is 0.497 e. The Morgan fingerprint density at radius 1 is 1.04 bits per heavy atom. The van der Waals surface area contributed by atoms with E-state index in [1.165, 1.54) is 0 Å². The monoisotopic (exact) mass is 397 g/mol. The Bertz CT molecular complexity index is 1100. The molecule has 8 heteroatoms. The fourth-order valence-electron chi connectivity index (χ4n) is 2.81. The van der Waals surface area contributed by atoms with Crippen molar-refractivity contribution in [1.82, 2.24) is 15.3 Å². The van der Waals surface area contributed by atoms with E-state index < -0.39 is 6.10 Å². The van der Waals surface area contributed by atoms with E-state index in [0.29, 0.717) is 27.7 Å². The molecular formula is C20H16ClN3O4. The first-order valence-electron chi connectivity index (χ1n) is 8.49. The topological polar surface area (TPSA) is 94.4 Å². The van der Waals surface area contributed by atoms with Gasteiger partial charge in [-0.15, -0.1) is 0 Å². The molecule has 0 aliphatic rings. The molecule has 2 aromatic heterocycles. The number of ether oxygens (including phenoxy) is 1. The maximum Gasteiger partial charge on any atom is 0.264 e. The SMILES string of the molecule is COc1ccc(-c2noc(-c3c(-c4ccccc4Cl)noc3C(C)O)n2)cc1. The molecule has 4 aromatic rings. The number of aromatic nitrogens is 3. The summed E-state index contributed by atoms with van der Waals surface area (Å²) >= 11 is 6.31. The van der Waals surface area contributed by atoms with Gasteiger partial charge in [-0.3, -0.25) is 0 Å². The molecule has 0 saturated carbocycles. The average molecular weight is 398 g/mol. The van der Waals surface area contributed by atoms with Crippen molar-refractivity contribution in [2.24, 2.45) is 0 Å². The quantitative estimate of drug-likeness (QED) is 0.518. The van der Waals surface area contributed by atoms with Gasteiger partial charge in [0, 0.05) is 11.1 Å². The highest BCUT2D eigenvalue weighted by atomic mass is 35.5. The predicted molar refractivity (Wildman–Crippen MR) is 103 cm³/mol. The van der Waals surface area contributed by atoms with Crippen molar-refractivity contribution in [2.75, 3.05) is 7.11 Å². The molecule has 0 bridgehead atoms. The van der Waals surface area contributed by atoms with Gasteiger partial charge >= 0.3 is 0 Å². The van der Waals surface area contributed by atoms with Gasteiger partial charge in [-0.1, -0.05) is 40.1 Å². The van der Waals surface area contributed by atoms with Crippen LogP contribution in [0.25, 0.3) is 34.1 Å². The van der Waals surface area contributed by atoms with E-state index in [2.05, 4.69) is 15.3 Å². The van der Waals surface area contributed by atoms with Crippen LogP contribution in [0.2, 0.25) is 5.02 Å². The van der Waals surface area contributed by atoms with Crippen LogP contribution >= 0.6 is 11.6 Å². The van der Waals surface area contributed by atoms with Crippen LogP contribution in [0.15, 0.2) is 57.6 Å². The number of rotatable bonds is 5. The van der Waals surface area contributed by atoms with E-state index in [1.807, 2.05) is 24.3 Å². The molecule has 0 amide bonds. The van der Waals surface area contributed by atoms with Crippen molar-refractivity contribution in [3.8, 4) is 39.8 Å². The van der Waals surface area contributed by atoms with Gasteiger partial charge < -0.3 is 18.9 Å². The Morgan fingerprint density at radius 3 is 2.46 bits per heavy atom. The molecule has 28 heavy (non-hydrogen) atoms. The number of halogens is 1. The van der Waals surface area contributed by atoms with E-state index in [9.17, 15) is 5.11 Å². The Balaban J connectivity index is 1.82. The lowest BCUT2D eigenvalue weighted by atomic mass is 10.0. The summed E-state index contributed by atoms with van der Waals surface area (Å²) in [4.78, 5) is 4.46. The maximum absolute atomic E-state index is 10.1. The van der Waals surface area contributed by atoms with Crippen molar-refractivity contribution >= 4 is 11.6 Å². The van der Waals surface area contributed by atoms with Crippen LogP contribution in [-0.2, 0) is 0 Å². The molecule has 0 aliphatic heterocycles. The molecule has 1 atom stereocenters. The second-order valence-electron chi connectivity index (χ2n) is 6.08. The lowest BCUT2D eigenvalue weighted by Crippen LogP contribution is -1.93. The summed E-state index contributed by atoms with van der Waals surface area (Å²) < 4.78 is 16.0. The molecule has 4 rings (SSSR count). The van der Waals surface area contributed by atoms with Gasteiger partial charge in [0.15, 0.2) is 5.76 Å². The highest BCUT2D eigenvalue weighted by molar-refractivity contribution is 6.33. The van der Waals surface area contributed by atoms with Gasteiger partial charge in [-0.25, -0.2) is 0 Å². The third-order valence-corrected chi connectivity index (χ3v) is 4.54. The lowest BCUT2D eigenvalue weighted by Gasteiger charge is -2.03. The number of nitrogens with zero attached hydrogens (tertiary/aromatic N) is 3. The molecule has 142 valence electrons. The first-order valence-corrected chi connectivity index (χ1v) is 8.87. The molecule has 0 saturated heterocycles. The second kappa shape index (κ2) is 7.46. The van der Waals surface area contributed by atoms with E-state index in [1.54, 1.807) is 38.3 Å². The van der Waals surface area contributed by atoms with Crippen LogP contribution in [-0.4, -0.2) is 27.5 Å². The van der Waals surface area contributed by atoms with Gasteiger partial charge in [0.05, 0.1) is 12.1 Å². The van der Waals surface area contributed by atoms with E-state index in [-0.39, 0.29) is 11.7 Å². The molecule has 0 aliphatic carbocycles. The fraction of sp³-hybridized carbons (Fsp3) is 0.150. The summed E-state index contributed by atoms with van der Waals surface area (Å²) in [6.07, 6.45) is -0.921.